The van der Waals surface area contributed by atoms with E-state index in [-0.39, 0.29) is 25.4 Å². The number of nitrogens with zero attached hydrogens (tertiary/aromatic N) is 2. The van der Waals surface area contributed by atoms with Gasteiger partial charge in [-0.3, -0.25) is 14.4 Å². The van der Waals surface area contributed by atoms with Crippen molar-refractivity contribution in [2.75, 3.05) is 6.54 Å². The minimum atomic E-state index is -1.16. The zero-order valence-corrected chi connectivity index (χ0v) is 18.8. The zero-order valence-electron chi connectivity index (χ0n) is 18.8. The van der Waals surface area contributed by atoms with E-state index in [9.17, 15) is 23.9 Å². The van der Waals surface area contributed by atoms with E-state index in [2.05, 4.69) is 0 Å². The van der Waals surface area contributed by atoms with Gasteiger partial charge in [-0.25, -0.2) is 4.39 Å². The van der Waals surface area contributed by atoms with Crippen LogP contribution in [0.2, 0.25) is 0 Å². The molecule has 1 heterocycles. The van der Waals surface area contributed by atoms with Crippen molar-refractivity contribution in [2.45, 2.75) is 32.5 Å². The minimum Gasteiger partial charge on any atom is -0.480 e. The molecule has 34 heavy (non-hydrogen) atoms. The Kier molecular flexibility index (Phi) is 6.72. The summed E-state index contributed by atoms with van der Waals surface area (Å²) in [5.74, 6) is -2.33. The van der Waals surface area contributed by atoms with Crippen molar-refractivity contribution in [3.63, 3.8) is 0 Å². The van der Waals surface area contributed by atoms with Crippen molar-refractivity contribution in [3.05, 3.63) is 106 Å². The third kappa shape index (κ3) is 5.14. The highest BCUT2D eigenvalue weighted by Gasteiger charge is 2.37. The molecule has 2 amide bonds. The van der Waals surface area contributed by atoms with Crippen molar-refractivity contribution in [1.82, 2.24) is 9.80 Å². The van der Waals surface area contributed by atoms with Gasteiger partial charge in [-0.15, -0.1) is 0 Å². The summed E-state index contributed by atoms with van der Waals surface area (Å²) in [6.07, 6.45) is 0.284. The zero-order chi connectivity index (χ0) is 24.2. The Morgan fingerprint density at radius 3 is 2.26 bits per heavy atom. The molecule has 6 nitrogen and oxygen atoms in total. The molecule has 0 unspecified atom stereocenters. The van der Waals surface area contributed by atoms with Crippen LogP contribution in [0, 0.1) is 12.7 Å². The highest BCUT2D eigenvalue weighted by atomic mass is 19.1. The first-order chi connectivity index (χ1) is 16.3. The SMILES string of the molecule is Cc1ccc(C(=O)N2Cc3ccccc3C[C@H]2C(=O)N(CC(=O)O)Cc2ccc(F)cc2)cc1. The van der Waals surface area contributed by atoms with Crippen LogP contribution in [-0.4, -0.2) is 45.3 Å². The molecular formula is C27H25FN2O4. The second-order valence-electron chi connectivity index (χ2n) is 8.50. The third-order valence-corrected chi connectivity index (χ3v) is 6.02. The monoisotopic (exact) mass is 460 g/mol. The molecule has 174 valence electrons. The molecule has 0 bridgehead atoms. The summed E-state index contributed by atoms with van der Waals surface area (Å²) in [6.45, 7) is 1.64. The number of benzene rings is 3. The molecule has 0 radical (unpaired) electrons. The lowest BCUT2D eigenvalue weighted by atomic mass is 9.92. The van der Waals surface area contributed by atoms with E-state index in [0.717, 1.165) is 16.7 Å². The summed E-state index contributed by atoms with van der Waals surface area (Å²) < 4.78 is 13.3. The molecule has 1 aliphatic heterocycles. The van der Waals surface area contributed by atoms with E-state index >= 15 is 0 Å². The summed E-state index contributed by atoms with van der Waals surface area (Å²) in [6, 6.07) is 19.5. The number of fused-ring (bicyclic) bond motifs is 1. The Morgan fingerprint density at radius 2 is 1.62 bits per heavy atom. The molecule has 0 spiro atoms. The second kappa shape index (κ2) is 9.87. The van der Waals surface area contributed by atoms with Crippen LogP contribution in [0.15, 0.2) is 72.8 Å². The van der Waals surface area contributed by atoms with E-state index in [0.29, 0.717) is 11.1 Å². The minimum absolute atomic E-state index is 0.00385. The predicted octanol–water partition coefficient (Wildman–Crippen LogP) is 3.81. The number of carboxylic acid groups (broad SMARTS) is 1. The Labute approximate surface area is 197 Å². The van der Waals surface area contributed by atoms with Gasteiger partial charge in [0.25, 0.3) is 5.91 Å². The lowest BCUT2D eigenvalue weighted by molar-refractivity contribution is -0.147. The fourth-order valence-electron chi connectivity index (χ4n) is 4.21. The van der Waals surface area contributed by atoms with E-state index in [1.54, 1.807) is 12.1 Å². The molecule has 3 aromatic rings. The maximum absolute atomic E-state index is 13.7. The Hall–Kier alpha value is -4.00. The molecule has 3 aromatic carbocycles. The number of carboxylic acids is 1. The molecule has 0 fully saturated rings. The molecule has 0 aliphatic carbocycles. The van der Waals surface area contributed by atoms with Crippen molar-refractivity contribution in [1.29, 1.82) is 0 Å². The molecule has 7 heteroatoms. The van der Waals surface area contributed by atoms with E-state index in [1.807, 2.05) is 43.3 Å². The number of carbonyl (C=O) groups excluding carboxylic acids is 2. The van der Waals surface area contributed by atoms with Crippen molar-refractivity contribution >= 4 is 17.8 Å². The normalized spacial score (nSPS) is 14.9. The number of amides is 2. The average Bonchev–Trinajstić information content (AvgIpc) is 2.83. The van der Waals surface area contributed by atoms with Gasteiger partial charge >= 0.3 is 5.97 Å². The molecule has 0 saturated heterocycles. The fourth-order valence-corrected chi connectivity index (χ4v) is 4.21. The van der Waals surface area contributed by atoms with E-state index < -0.39 is 30.3 Å². The third-order valence-electron chi connectivity index (χ3n) is 6.02. The summed E-state index contributed by atoms with van der Waals surface area (Å²) in [7, 11) is 0. The standard InChI is InChI=1S/C27H25FN2O4/c1-18-6-10-20(11-7-18)26(33)30-16-22-5-3-2-4-21(22)14-24(30)27(34)29(17-25(31)32)15-19-8-12-23(28)13-9-19/h2-13,24H,14-17H2,1H3,(H,31,32)/t24-/m0/s1. The van der Waals surface area contributed by atoms with Crippen LogP contribution in [0.1, 0.15) is 32.6 Å². The van der Waals surface area contributed by atoms with E-state index in [4.69, 9.17) is 0 Å². The first-order valence-electron chi connectivity index (χ1n) is 11.0. The van der Waals surface area contributed by atoms with Gasteiger partial charge in [-0.1, -0.05) is 54.1 Å². The van der Waals surface area contributed by atoms with Gasteiger partial charge in [0, 0.05) is 25.1 Å². The number of carbonyl (C=O) groups is 3. The van der Waals surface area contributed by atoms with Crippen LogP contribution in [0.3, 0.4) is 0 Å². The quantitative estimate of drug-likeness (QED) is 0.607. The van der Waals surface area contributed by atoms with E-state index in [1.165, 1.54) is 34.1 Å². The molecule has 1 aliphatic rings. The number of hydrogen-bond acceptors (Lipinski definition) is 3. The van der Waals surface area contributed by atoms with Crippen LogP contribution in [0.4, 0.5) is 4.39 Å². The topological polar surface area (TPSA) is 77.9 Å². The number of hydrogen-bond donors (Lipinski definition) is 1. The summed E-state index contributed by atoms with van der Waals surface area (Å²) in [5, 5.41) is 9.46. The molecule has 0 saturated carbocycles. The summed E-state index contributed by atoms with van der Waals surface area (Å²) in [4.78, 5) is 41.5. The number of rotatable bonds is 6. The first kappa shape index (κ1) is 23.2. The van der Waals surface area contributed by atoms with Crippen LogP contribution in [0.5, 0.6) is 0 Å². The maximum atomic E-state index is 13.7. The van der Waals surface area contributed by atoms with Gasteiger partial charge in [-0.2, -0.15) is 0 Å². The van der Waals surface area contributed by atoms with Gasteiger partial charge in [-0.05, 0) is 47.9 Å². The van der Waals surface area contributed by atoms with Crippen molar-refractivity contribution < 1.29 is 23.9 Å². The smallest absolute Gasteiger partial charge is 0.323 e. The van der Waals surface area contributed by atoms with Crippen LogP contribution in [0.25, 0.3) is 0 Å². The highest BCUT2D eigenvalue weighted by Crippen LogP contribution is 2.27. The Bertz CT molecular complexity index is 1210. The first-order valence-corrected chi connectivity index (χ1v) is 11.0. The summed E-state index contributed by atoms with van der Waals surface area (Å²) >= 11 is 0. The average molecular weight is 461 g/mol. The summed E-state index contributed by atoms with van der Waals surface area (Å²) in [5.41, 5.74) is 3.98. The molecule has 0 aromatic heterocycles. The molecule has 4 rings (SSSR count). The fraction of sp³-hybridized carbons (Fsp3) is 0.222. The number of halogens is 1. The lowest BCUT2D eigenvalue weighted by Crippen LogP contribution is -2.54. The maximum Gasteiger partial charge on any atom is 0.323 e. The number of aryl methyl sites for hydroxylation is 1. The van der Waals surface area contributed by atoms with Gasteiger partial charge in [0.05, 0.1) is 0 Å². The lowest BCUT2D eigenvalue weighted by Gasteiger charge is -2.38. The van der Waals surface area contributed by atoms with Crippen molar-refractivity contribution in [2.24, 2.45) is 0 Å². The largest absolute Gasteiger partial charge is 0.480 e. The van der Waals surface area contributed by atoms with Crippen LogP contribution in [-0.2, 0) is 29.1 Å². The Morgan fingerprint density at radius 1 is 0.971 bits per heavy atom. The van der Waals surface area contributed by atoms with Crippen LogP contribution < -0.4 is 0 Å². The second-order valence-corrected chi connectivity index (χ2v) is 8.50. The van der Waals surface area contributed by atoms with Crippen molar-refractivity contribution in [3.8, 4) is 0 Å². The van der Waals surface area contributed by atoms with Gasteiger partial charge in [0.1, 0.15) is 18.4 Å². The molecule has 1 atom stereocenters. The highest BCUT2D eigenvalue weighted by molar-refractivity contribution is 5.98. The van der Waals surface area contributed by atoms with Gasteiger partial charge in [0.2, 0.25) is 5.91 Å². The molecule has 1 N–H and O–H groups in total. The number of aliphatic carboxylic acids is 1. The molecular weight excluding hydrogens is 435 g/mol. The van der Waals surface area contributed by atoms with Gasteiger partial charge < -0.3 is 14.9 Å². The van der Waals surface area contributed by atoms with Gasteiger partial charge in [0.15, 0.2) is 0 Å². The Balaban J connectivity index is 1.67. The van der Waals surface area contributed by atoms with Crippen LogP contribution >= 0.6 is 0 Å². The predicted molar refractivity (Wildman–Crippen MR) is 124 cm³/mol.